The number of hydrogen-bond acceptors (Lipinski definition) is 4. The predicted molar refractivity (Wildman–Crippen MR) is 142 cm³/mol. The standard InChI is InChI=1S/C26H28ClFN2O3S2/c1-18-7-10-21(11-8-18)35(32,33)30(25-12-9-19(2)15-20(25)3)16-26(31)29-13-14-34-17-22-23(27)5-4-6-24(22)28/h4-12,15H,13-14,16-17H2,1-3H3,(H,29,31). The molecule has 0 saturated heterocycles. The Morgan fingerprint density at radius 1 is 1.03 bits per heavy atom. The first kappa shape index (κ1) is 27.0. The Hall–Kier alpha value is -2.55. The van der Waals surface area contributed by atoms with E-state index in [1.165, 1.54) is 17.8 Å². The molecule has 0 aliphatic rings. The van der Waals surface area contributed by atoms with Gasteiger partial charge in [0.25, 0.3) is 10.0 Å². The summed E-state index contributed by atoms with van der Waals surface area (Å²) >= 11 is 7.48. The quantitative estimate of drug-likeness (QED) is 0.341. The van der Waals surface area contributed by atoms with Crippen LogP contribution in [0.5, 0.6) is 0 Å². The summed E-state index contributed by atoms with van der Waals surface area (Å²) in [6.45, 7) is 5.57. The van der Waals surface area contributed by atoms with Crippen LogP contribution < -0.4 is 9.62 Å². The normalized spacial score (nSPS) is 11.3. The highest BCUT2D eigenvalue weighted by atomic mass is 35.5. The third-order valence-electron chi connectivity index (χ3n) is 5.39. The summed E-state index contributed by atoms with van der Waals surface area (Å²) in [5.41, 5.74) is 3.57. The zero-order valence-corrected chi connectivity index (χ0v) is 22.2. The molecule has 1 N–H and O–H groups in total. The summed E-state index contributed by atoms with van der Waals surface area (Å²) < 4.78 is 42.1. The SMILES string of the molecule is Cc1ccc(S(=O)(=O)N(CC(=O)NCCSCc2c(F)cccc2Cl)c2ccc(C)cc2C)cc1. The van der Waals surface area contributed by atoms with E-state index in [2.05, 4.69) is 5.32 Å². The van der Waals surface area contributed by atoms with Crippen LogP contribution in [0.4, 0.5) is 10.1 Å². The maximum atomic E-state index is 13.9. The lowest BCUT2D eigenvalue weighted by atomic mass is 10.1. The molecule has 5 nitrogen and oxygen atoms in total. The molecular formula is C26H28ClFN2O3S2. The summed E-state index contributed by atoms with van der Waals surface area (Å²) in [4.78, 5) is 12.9. The fourth-order valence-corrected chi connectivity index (χ4v) is 6.20. The van der Waals surface area contributed by atoms with E-state index in [1.54, 1.807) is 42.5 Å². The van der Waals surface area contributed by atoms with Gasteiger partial charge in [-0.05, 0) is 56.7 Å². The van der Waals surface area contributed by atoms with Gasteiger partial charge in [0.15, 0.2) is 0 Å². The van der Waals surface area contributed by atoms with Gasteiger partial charge in [-0.15, -0.1) is 0 Å². The van der Waals surface area contributed by atoms with E-state index >= 15 is 0 Å². The molecule has 0 unspecified atom stereocenters. The molecule has 186 valence electrons. The molecule has 9 heteroatoms. The minimum absolute atomic E-state index is 0.119. The van der Waals surface area contributed by atoms with Crippen molar-refractivity contribution in [3.05, 3.63) is 93.8 Å². The molecule has 0 heterocycles. The van der Waals surface area contributed by atoms with Crippen LogP contribution in [0.2, 0.25) is 5.02 Å². The summed E-state index contributed by atoms with van der Waals surface area (Å²) in [5, 5.41) is 3.14. The monoisotopic (exact) mass is 534 g/mol. The Bertz CT molecular complexity index is 1280. The first-order chi connectivity index (χ1) is 16.6. The number of carbonyl (C=O) groups is 1. The molecule has 0 aliphatic heterocycles. The summed E-state index contributed by atoms with van der Waals surface area (Å²) in [6.07, 6.45) is 0. The predicted octanol–water partition coefficient (Wildman–Crippen LogP) is 5.65. The van der Waals surface area contributed by atoms with Crippen LogP contribution in [0, 0.1) is 26.6 Å². The van der Waals surface area contributed by atoms with E-state index in [-0.39, 0.29) is 17.3 Å². The van der Waals surface area contributed by atoms with Crippen LogP contribution in [0.15, 0.2) is 65.6 Å². The highest BCUT2D eigenvalue weighted by Crippen LogP contribution is 2.28. The maximum absolute atomic E-state index is 13.9. The number of amides is 1. The number of carbonyl (C=O) groups excluding carboxylic acids is 1. The second-order valence-electron chi connectivity index (χ2n) is 8.22. The van der Waals surface area contributed by atoms with Crippen molar-refractivity contribution in [2.75, 3.05) is 23.1 Å². The van der Waals surface area contributed by atoms with Gasteiger partial charge in [-0.25, -0.2) is 12.8 Å². The Labute approximate surface area is 215 Å². The number of hydrogen-bond donors (Lipinski definition) is 1. The zero-order chi connectivity index (χ0) is 25.6. The van der Waals surface area contributed by atoms with E-state index in [1.807, 2.05) is 32.9 Å². The molecule has 35 heavy (non-hydrogen) atoms. The van der Waals surface area contributed by atoms with Crippen molar-refractivity contribution >= 4 is 45.0 Å². The average molecular weight is 535 g/mol. The molecular weight excluding hydrogens is 507 g/mol. The average Bonchev–Trinajstić information content (AvgIpc) is 2.79. The van der Waals surface area contributed by atoms with Gasteiger partial charge in [0.1, 0.15) is 12.4 Å². The Morgan fingerprint density at radius 3 is 2.37 bits per heavy atom. The molecule has 0 radical (unpaired) electrons. The number of benzene rings is 3. The molecule has 0 aromatic heterocycles. The number of aryl methyl sites for hydroxylation is 3. The Morgan fingerprint density at radius 2 is 1.71 bits per heavy atom. The van der Waals surface area contributed by atoms with Crippen molar-refractivity contribution in [3.8, 4) is 0 Å². The molecule has 1 amide bonds. The first-order valence-electron chi connectivity index (χ1n) is 11.0. The van der Waals surface area contributed by atoms with Gasteiger partial charge in [-0.3, -0.25) is 9.10 Å². The molecule has 3 aromatic carbocycles. The van der Waals surface area contributed by atoms with Crippen LogP contribution in [-0.4, -0.2) is 33.2 Å². The first-order valence-corrected chi connectivity index (χ1v) is 14.0. The smallest absolute Gasteiger partial charge is 0.264 e. The van der Waals surface area contributed by atoms with Gasteiger partial charge < -0.3 is 5.32 Å². The molecule has 3 aromatic rings. The Kier molecular flexibility index (Phi) is 9.21. The molecule has 0 atom stereocenters. The number of sulfonamides is 1. The van der Waals surface area contributed by atoms with Crippen molar-refractivity contribution in [2.45, 2.75) is 31.4 Å². The van der Waals surface area contributed by atoms with Gasteiger partial charge in [0.05, 0.1) is 10.6 Å². The topological polar surface area (TPSA) is 66.5 Å². The summed E-state index contributed by atoms with van der Waals surface area (Å²) in [6, 6.07) is 16.5. The van der Waals surface area contributed by atoms with Crippen LogP contribution in [0.25, 0.3) is 0 Å². The third kappa shape index (κ3) is 6.99. The van der Waals surface area contributed by atoms with Crippen molar-refractivity contribution in [1.82, 2.24) is 5.32 Å². The van der Waals surface area contributed by atoms with E-state index in [9.17, 15) is 17.6 Å². The number of nitrogens with one attached hydrogen (secondary N) is 1. The highest BCUT2D eigenvalue weighted by Gasteiger charge is 2.28. The molecule has 0 aliphatic carbocycles. The van der Waals surface area contributed by atoms with Gasteiger partial charge in [0.2, 0.25) is 5.91 Å². The van der Waals surface area contributed by atoms with E-state index in [0.29, 0.717) is 34.3 Å². The van der Waals surface area contributed by atoms with Crippen LogP contribution >= 0.6 is 23.4 Å². The summed E-state index contributed by atoms with van der Waals surface area (Å²) in [7, 11) is -3.97. The lowest BCUT2D eigenvalue weighted by molar-refractivity contribution is -0.119. The number of halogens is 2. The fourth-order valence-electron chi connectivity index (χ4n) is 3.52. The maximum Gasteiger partial charge on any atom is 0.264 e. The van der Waals surface area contributed by atoms with Crippen molar-refractivity contribution in [1.29, 1.82) is 0 Å². The van der Waals surface area contributed by atoms with Crippen LogP contribution in [0.1, 0.15) is 22.3 Å². The van der Waals surface area contributed by atoms with E-state index in [0.717, 1.165) is 21.0 Å². The largest absolute Gasteiger partial charge is 0.354 e. The third-order valence-corrected chi connectivity index (χ3v) is 8.51. The molecule has 0 fully saturated rings. The van der Waals surface area contributed by atoms with Gasteiger partial charge in [-0.1, -0.05) is 53.1 Å². The molecule has 0 spiro atoms. The zero-order valence-electron chi connectivity index (χ0n) is 19.8. The second kappa shape index (κ2) is 11.9. The second-order valence-corrected chi connectivity index (χ2v) is 11.6. The van der Waals surface area contributed by atoms with Crippen LogP contribution in [-0.2, 0) is 20.6 Å². The number of rotatable bonds is 10. The lowest BCUT2D eigenvalue weighted by Crippen LogP contribution is -2.41. The van der Waals surface area contributed by atoms with Crippen LogP contribution in [0.3, 0.4) is 0 Å². The van der Waals surface area contributed by atoms with Gasteiger partial charge in [0, 0.05) is 28.6 Å². The minimum atomic E-state index is -3.97. The molecule has 0 bridgehead atoms. The van der Waals surface area contributed by atoms with Crippen molar-refractivity contribution in [2.24, 2.45) is 0 Å². The van der Waals surface area contributed by atoms with E-state index in [4.69, 9.17) is 11.6 Å². The van der Waals surface area contributed by atoms with Crippen molar-refractivity contribution < 1.29 is 17.6 Å². The van der Waals surface area contributed by atoms with E-state index < -0.39 is 15.9 Å². The lowest BCUT2D eigenvalue weighted by Gasteiger charge is -2.26. The van der Waals surface area contributed by atoms with Gasteiger partial charge in [-0.2, -0.15) is 11.8 Å². The number of anilines is 1. The van der Waals surface area contributed by atoms with Gasteiger partial charge >= 0.3 is 0 Å². The fraction of sp³-hybridized carbons (Fsp3) is 0.269. The van der Waals surface area contributed by atoms with Crippen molar-refractivity contribution in [3.63, 3.8) is 0 Å². The number of thioether (sulfide) groups is 1. The molecule has 3 rings (SSSR count). The minimum Gasteiger partial charge on any atom is -0.354 e. The summed E-state index contributed by atoms with van der Waals surface area (Å²) in [5.74, 6) is 0.104. The Balaban J connectivity index is 1.69. The number of nitrogens with zero attached hydrogens (tertiary/aromatic N) is 1. The highest BCUT2D eigenvalue weighted by molar-refractivity contribution is 7.98. The molecule has 0 saturated carbocycles.